The van der Waals surface area contributed by atoms with Crippen LogP contribution in [0.15, 0.2) is 0 Å². The second-order valence-electron chi connectivity index (χ2n) is 4.83. The van der Waals surface area contributed by atoms with Crippen molar-refractivity contribution < 1.29 is 4.79 Å². The Morgan fingerprint density at radius 1 is 1.29 bits per heavy atom. The molecule has 14 heavy (non-hydrogen) atoms. The van der Waals surface area contributed by atoms with Gasteiger partial charge < -0.3 is 10.6 Å². The van der Waals surface area contributed by atoms with Gasteiger partial charge in [0.15, 0.2) is 0 Å². The summed E-state index contributed by atoms with van der Waals surface area (Å²) in [6.45, 7) is 0.480. The van der Waals surface area contributed by atoms with E-state index in [1.165, 1.54) is 38.5 Å². The number of likely N-dealkylation sites (N-methyl/N-ethyl adjacent to an activating group) is 1. The molecule has 0 aromatic carbocycles. The molecule has 2 rings (SSSR count). The highest BCUT2D eigenvalue weighted by molar-refractivity contribution is 5.77. The Morgan fingerprint density at radius 2 is 1.93 bits per heavy atom. The Morgan fingerprint density at radius 3 is 2.43 bits per heavy atom. The van der Waals surface area contributed by atoms with Crippen molar-refractivity contribution in [2.75, 3.05) is 13.6 Å². The van der Waals surface area contributed by atoms with E-state index in [4.69, 9.17) is 0 Å². The molecule has 2 N–H and O–H groups in total. The Balaban J connectivity index is 1.65. The molecule has 0 unspecified atom stereocenters. The molecule has 0 saturated heterocycles. The van der Waals surface area contributed by atoms with Crippen molar-refractivity contribution >= 4 is 5.91 Å². The largest absolute Gasteiger partial charge is 0.358 e. The number of hydrogen-bond acceptors (Lipinski definition) is 2. The first-order chi connectivity index (χ1) is 6.74. The third-order valence-corrected chi connectivity index (χ3v) is 3.83. The predicted molar refractivity (Wildman–Crippen MR) is 56.0 cm³/mol. The van der Waals surface area contributed by atoms with Crippen LogP contribution in [0.3, 0.4) is 0 Å². The van der Waals surface area contributed by atoms with E-state index in [0.29, 0.717) is 12.6 Å². The average Bonchev–Trinajstić information content (AvgIpc) is 2.97. The quantitative estimate of drug-likeness (QED) is 0.708. The average molecular weight is 196 g/mol. The smallest absolute Gasteiger partial charge is 0.233 e. The lowest BCUT2D eigenvalue weighted by Gasteiger charge is -2.28. The van der Waals surface area contributed by atoms with Crippen LogP contribution >= 0.6 is 0 Å². The molecule has 2 aliphatic rings. The summed E-state index contributed by atoms with van der Waals surface area (Å²) in [6.07, 6.45) is 8.18. The second-order valence-corrected chi connectivity index (χ2v) is 4.83. The molecule has 0 aliphatic heterocycles. The van der Waals surface area contributed by atoms with E-state index in [1.54, 1.807) is 7.05 Å². The number of carbonyl (C=O) groups excluding carboxylic acids is 1. The van der Waals surface area contributed by atoms with E-state index in [0.717, 1.165) is 5.41 Å². The number of rotatable bonds is 3. The number of carbonyl (C=O) groups is 1. The molecule has 0 aromatic heterocycles. The molecule has 0 heterocycles. The summed E-state index contributed by atoms with van der Waals surface area (Å²) in [5, 5.41) is 5.96. The number of nitrogens with one attached hydrogen (secondary N) is 2. The molecule has 0 bridgehead atoms. The van der Waals surface area contributed by atoms with Crippen molar-refractivity contribution in [3.05, 3.63) is 0 Å². The van der Waals surface area contributed by atoms with E-state index in [1.807, 2.05) is 0 Å². The van der Waals surface area contributed by atoms with Crippen molar-refractivity contribution in [1.82, 2.24) is 10.6 Å². The Labute approximate surface area is 85.6 Å². The number of amides is 1. The first-order valence-electron chi connectivity index (χ1n) is 5.68. The van der Waals surface area contributed by atoms with Crippen LogP contribution in [0.25, 0.3) is 0 Å². The maximum absolute atomic E-state index is 11.0. The van der Waals surface area contributed by atoms with Gasteiger partial charge in [-0.15, -0.1) is 0 Å². The normalized spacial score (nSPS) is 24.9. The molecular formula is C11H20N2O. The lowest BCUT2D eigenvalue weighted by molar-refractivity contribution is -0.119. The maximum Gasteiger partial charge on any atom is 0.233 e. The first-order valence-corrected chi connectivity index (χ1v) is 5.68. The molecule has 2 saturated carbocycles. The fraction of sp³-hybridized carbons (Fsp3) is 0.909. The van der Waals surface area contributed by atoms with Gasteiger partial charge in [0.1, 0.15) is 0 Å². The van der Waals surface area contributed by atoms with Gasteiger partial charge in [0.2, 0.25) is 5.91 Å². The zero-order chi connectivity index (χ0) is 10.0. The predicted octanol–water partition coefficient (Wildman–Crippen LogP) is 1.04. The first kappa shape index (κ1) is 9.97. The molecule has 80 valence electrons. The minimum atomic E-state index is 0.0942. The van der Waals surface area contributed by atoms with Crippen LogP contribution in [0.1, 0.15) is 38.5 Å². The molecule has 0 aromatic rings. The summed E-state index contributed by atoms with van der Waals surface area (Å²) in [7, 11) is 1.68. The molecular weight excluding hydrogens is 176 g/mol. The lowest BCUT2D eigenvalue weighted by atomic mass is 9.83. The summed E-state index contributed by atoms with van der Waals surface area (Å²) >= 11 is 0. The summed E-state index contributed by atoms with van der Waals surface area (Å²) < 4.78 is 0. The van der Waals surface area contributed by atoms with E-state index >= 15 is 0 Å². The minimum absolute atomic E-state index is 0.0942. The zero-order valence-corrected chi connectivity index (χ0v) is 8.94. The van der Waals surface area contributed by atoms with Crippen molar-refractivity contribution in [1.29, 1.82) is 0 Å². The third kappa shape index (κ3) is 2.27. The maximum atomic E-state index is 11.0. The van der Waals surface area contributed by atoms with Crippen LogP contribution in [0, 0.1) is 5.41 Å². The van der Waals surface area contributed by atoms with Crippen molar-refractivity contribution in [3.8, 4) is 0 Å². The Hall–Kier alpha value is -0.570. The summed E-state index contributed by atoms with van der Waals surface area (Å²) in [6, 6.07) is 0.582. The summed E-state index contributed by atoms with van der Waals surface area (Å²) in [4.78, 5) is 11.0. The van der Waals surface area contributed by atoms with Gasteiger partial charge in [-0.1, -0.05) is 0 Å². The fourth-order valence-electron chi connectivity index (χ4n) is 2.44. The zero-order valence-electron chi connectivity index (χ0n) is 8.94. The molecule has 3 nitrogen and oxygen atoms in total. The van der Waals surface area contributed by atoms with Crippen LogP contribution < -0.4 is 10.6 Å². The highest BCUT2D eigenvalue weighted by atomic mass is 16.1. The highest BCUT2D eigenvalue weighted by Crippen LogP contribution is 2.55. The Bertz CT molecular complexity index is 213. The molecule has 2 fully saturated rings. The standard InChI is InChI=1S/C11H20N2O/c1-12-10(14)8-13-9-2-4-11(5-3-9)6-7-11/h9,13H,2-8H2,1H3,(H,12,14). The van der Waals surface area contributed by atoms with Gasteiger partial charge in [-0.3, -0.25) is 4.79 Å². The van der Waals surface area contributed by atoms with Gasteiger partial charge in [-0.2, -0.15) is 0 Å². The molecule has 2 aliphatic carbocycles. The van der Waals surface area contributed by atoms with Gasteiger partial charge in [0.05, 0.1) is 6.54 Å². The van der Waals surface area contributed by atoms with Gasteiger partial charge in [0.25, 0.3) is 0 Å². The van der Waals surface area contributed by atoms with Gasteiger partial charge in [0, 0.05) is 13.1 Å². The lowest BCUT2D eigenvalue weighted by Crippen LogP contribution is -2.40. The van der Waals surface area contributed by atoms with E-state index in [-0.39, 0.29) is 5.91 Å². The van der Waals surface area contributed by atoms with Crippen molar-refractivity contribution in [3.63, 3.8) is 0 Å². The van der Waals surface area contributed by atoms with E-state index < -0.39 is 0 Å². The van der Waals surface area contributed by atoms with Gasteiger partial charge >= 0.3 is 0 Å². The topological polar surface area (TPSA) is 41.1 Å². The second kappa shape index (κ2) is 3.89. The monoisotopic (exact) mass is 196 g/mol. The molecule has 0 radical (unpaired) electrons. The summed E-state index contributed by atoms with van der Waals surface area (Å²) in [5.41, 5.74) is 0.755. The fourth-order valence-corrected chi connectivity index (χ4v) is 2.44. The molecule has 0 atom stereocenters. The van der Waals surface area contributed by atoms with Crippen molar-refractivity contribution in [2.24, 2.45) is 5.41 Å². The Kier molecular flexibility index (Phi) is 2.77. The number of hydrogen-bond donors (Lipinski definition) is 2. The highest BCUT2D eigenvalue weighted by Gasteiger charge is 2.44. The SMILES string of the molecule is CNC(=O)CNC1CCC2(CC1)CC2. The molecule has 1 spiro atoms. The van der Waals surface area contributed by atoms with E-state index in [9.17, 15) is 4.79 Å². The van der Waals surface area contributed by atoms with Crippen LogP contribution in [0.5, 0.6) is 0 Å². The summed E-state index contributed by atoms with van der Waals surface area (Å²) in [5.74, 6) is 0.0942. The van der Waals surface area contributed by atoms with E-state index in [2.05, 4.69) is 10.6 Å². The van der Waals surface area contributed by atoms with Crippen LogP contribution in [0.4, 0.5) is 0 Å². The van der Waals surface area contributed by atoms with Gasteiger partial charge in [-0.05, 0) is 43.9 Å². The molecule has 1 amide bonds. The van der Waals surface area contributed by atoms with Gasteiger partial charge in [-0.25, -0.2) is 0 Å². The third-order valence-electron chi connectivity index (χ3n) is 3.83. The van der Waals surface area contributed by atoms with Crippen molar-refractivity contribution in [2.45, 2.75) is 44.6 Å². The van der Waals surface area contributed by atoms with Crippen LogP contribution in [-0.4, -0.2) is 25.5 Å². The minimum Gasteiger partial charge on any atom is -0.358 e. The van der Waals surface area contributed by atoms with Crippen LogP contribution in [-0.2, 0) is 4.79 Å². The molecule has 3 heteroatoms. The van der Waals surface area contributed by atoms with Crippen LogP contribution in [0.2, 0.25) is 0 Å².